The van der Waals surface area contributed by atoms with Crippen molar-refractivity contribution in [2.45, 2.75) is 37.0 Å². The van der Waals surface area contributed by atoms with Crippen LogP contribution in [0.25, 0.3) is 0 Å². The molecule has 1 amide bonds. The SMILES string of the molecule is CN(CC(=O)NCCCCCCC(=O)O)S(=O)(=O)c1ccccc1. The largest absolute Gasteiger partial charge is 0.481 e. The molecule has 7 nitrogen and oxygen atoms in total. The molecule has 0 spiro atoms. The summed E-state index contributed by atoms with van der Waals surface area (Å²) in [6.07, 6.45) is 3.15. The van der Waals surface area contributed by atoms with Gasteiger partial charge in [0.15, 0.2) is 0 Å². The van der Waals surface area contributed by atoms with Gasteiger partial charge in [-0.25, -0.2) is 8.42 Å². The Morgan fingerprint density at radius 1 is 1.08 bits per heavy atom. The van der Waals surface area contributed by atoms with Crippen LogP contribution in [0, 0.1) is 0 Å². The quantitative estimate of drug-likeness (QED) is 0.584. The van der Waals surface area contributed by atoms with Gasteiger partial charge in [-0.2, -0.15) is 4.31 Å². The van der Waals surface area contributed by atoms with Crippen molar-refractivity contribution in [2.24, 2.45) is 0 Å². The van der Waals surface area contributed by atoms with Crippen LogP contribution < -0.4 is 5.32 Å². The average Bonchev–Trinajstić information content (AvgIpc) is 2.54. The smallest absolute Gasteiger partial charge is 0.303 e. The van der Waals surface area contributed by atoms with Gasteiger partial charge in [0.25, 0.3) is 0 Å². The average molecular weight is 356 g/mol. The number of likely N-dealkylation sites (N-methyl/N-ethyl adjacent to an activating group) is 1. The summed E-state index contributed by atoms with van der Waals surface area (Å²) in [5, 5.41) is 11.2. The number of carbonyl (C=O) groups excluding carboxylic acids is 1. The maximum Gasteiger partial charge on any atom is 0.303 e. The zero-order valence-electron chi connectivity index (χ0n) is 13.8. The highest BCUT2D eigenvalue weighted by atomic mass is 32.2. The van der Waals surface area contributed by atoms with E-state index in [-0.39, 0.29) is 23.8 Å². The van der Waals surface area contributed by atoms with Gasteiger partial charge in [0, 0.05) is 20.0 Å². The number of nitrogens with zero attached hydrogens (tertiary/aromatic N) is 1. The topological polar surface area (TPSA) is 104 Å². The third kappa shape index (κ3) is 7.10. The second kappa shape index (κ2) is 10.0. The summed E-state index contributed by atoms with van der Waals surface area (Å²) < 4.78 is 25.6. The number of hydrogen-bond donors (Lipinski definition) is 2. The van der Waals surface area contributed by atoms with Crippen molar-refractivity contribution in [3.63, 3.8) is 0 Å². The lowest BCUT2D eigenvalue weighted by Crippen LogP contribution is -2.38. The zero-order valence-corrected chi connectivity index (χ0v) is 14.6. The summed E-state index contributed by atoms with van der Waals surface area (Å²) in [6.45, 7) is 0.210. The normalized spacial score (nSPS) is 11.4. The van der Waals surface area contributed by atoms with E-state index in [1.54, 1.807) is 18.2 Å². The van der Waals surface area contributed by atoms with Crippen LogP contribution in [0.3, 0.4) is 0 Å². The highest BCUT2D eigenvalue weighted by Gasteiger charge is 2.22. The molecular formula is C16H24N2O5S. The first-order valence-electron chi connectivity index (χ1n) is 7.84. The Balaban J connectivity index is 2.28. The third-order valence-electron chi connectivity index (χ3n) is 3.46. The minimum absolute atomic E-state index is 0.152. The Labute approximate surface area is 142 Å². The monoisotopic (exact) mass is 356 g/mol. The molecule has 0 aliphatic rings. The van der Waals surface area contributed by atoms with Gasteiger partial charge in [0.2, 0.25) is 15.9 Å². The van der Waals surface area contributed by atoms with E-state index in [0.717, 1.165) is 23.6 Å². The van der Waals surface area contributed by atoms with Crippen molar-refractivity contribution in [3.05, 3.63) is 30.3 Å². The first-order valence-corrected chi connectivity index (χ1v) is 9.28. The summed E-state index contributed by atoms with van der Waals surface area (Å²) in [5.74, 6) is -1.16. The summed E-state index contributed by atoms with van der Waals surface area (Å²) in [5.41, 5.74) is 0. The molecule has 1 aromatic rings. The van der Waals surface area contributed by atoms with Gasteiger partial charge < -0.3 is 10.4 Å². The van der Waals surface area contributed by atoms with E-state index in [0.29, 0.717) is 13.0 Å². The molecule has 0 fully saturated rings. The van der Waals surface area contributed by atoms with Crippen LogP contribution in [0.5, 0.6) is 0 Å². The fourth-order valence-corrected chi connectivity index (χ4v) is 3.25. The standard InChI is InChI=1S/C16H24N2O5S/c1-18(24(22,23)14-9-5-4-6-10-14)13-15(19)17-12-8-3-2-7-11-16(20)21/h4-6,9-10H,2-3,7-8,11-13H2,1H3,(H,17,19)(H,20,21). The first kappa shape index (κ1) is 20.1. The number of unbranched alkanes of at least 4 members (excludes halogenated alkanes) is 3. The molecule has 1 rings (SSSR count). The minimum Gasteiger partial charge on any atom is -0.481 e. The lowest BCUT2D eigenvalue weighted by atomic mass is 10.1. The lowest BCUT2D eigenvalue weighted by Gasteiger charge is -2.16. The van der Waals surface area contributed by atoms with Crippen LogP contribution in [0.1, 0.15) is 32.1 Å². The molecule has 0 saturated carbocycles. The fourth-order valence-electron chi connectivity index (χ4n) is 2.10. The number of hydrogen-bond acceptors (Lipinski definition) is 4. The predicted molar refractivity (Wildman–Crippen MR) is 90.0 cm³/mol. The van der Waals surface area contributed by atoms with Crippen LogP contribution in [0.4, 0.5) is 0 Å². The number of carboxylic acids is 1. The molecule has 0 unspecified atom stereocenters. The van der Waals surface area contributed by atoms with E-state index in [9.17, 15) is 18.0 Å². The summed E-state index contributed by atoms with van der Waals surface area (Å²) >= 11 is 0. The molecule has 0 atom stereocenters. The van der Waals surface area contributed by atoms with Gasteiger partial charge in [-0.3, -0.25) is 9.59 Å². The second-order valence-corrected chi connectivity index (χ2v) is 7.53. The predicted octanol–water partition coefficient (Wildman–Crippen LogP) is 1.46. The van der Waals surface area contributed by atoms with Crippen LogP contribution in [0.15, 0.2) is 35.2 Å². The molecule has 0 bridgehead atoms. The Hall–Kier alpha value is -1.93. The number of amides is 1. The Morgan fingerprint density at radius 3 is 2.33 bits per heavy atom. The van der Waals surface area contributed by atoms with Crippen LogP contribution in [0.2, 0.25) is 0 Å². The molecule has 0 radical (unpaired) electrons. The summed E-state index contributed by atoms with van der Waals surface area (Å²) in [4.78, 5) is 22.3. The van der Waals surface area contributed by atoms with E-state index in [2.05, 4.69) is 5.32 Å². The lowest BCUT2D eigenvalue weighted by molar-refractivity contribution is -0.137. The number of carbonyl (C=O) groups is 2. The first-order chi connectivity index (χ1) is 11.3. The minimum atomic E-state index is -3.67. The van der Waals surface area contributed by atoms with E-state index >= 15 is 0 Å². The zero-order chi connectivity index (χ0) is 18.0. The molecule has 0 heterocycles. The molecule has 0 aliphatic carbocycles. The number of carboxylic acid groups (broad SMARTS) is 1. The van der Waals surface area contributed by atoms with Crippen molar-refractivity contribution < 1.29 is 23.1 Å². The number of nitrogens with one attached hydrogen (secondary N) is 1. The van der Waals surface area contributed by atoms with Gasteiger partial charge in [-0.05, 0) is 25.0 Å². The Bertz CT molecular complexity index is 631. The van der Waals surface area contributed by atoms with Gasteiger partial charge in [0.05, 0.1) is 11.4 Å². The van der Waals surface area contributed by atoms with Gasteiger partial charge in [-0.1, -0.05) is 31.0 Å². The second-order valence-electron chi connectivity index (χ2n) is 5.48. The maximum atomic E-state index is 12.3. The van der Waals surface area contributed by atoms with Crippen LogP contribution in [-0.2, 0) is 19.6 Å². The van der Waals surface area contributed by atoms with E-state index in [4.69, 9.17) is 5.11 Å². The van der Waals surface area contributed by atoms with Gasteiger partial charge in [-0.15, -0.1) is 0 Å². The van der Waals surface area contributed by atoms with Crippen molar-refractivity contribution in [1.82, 2.24) is 9.62 Å². The van der Waals surface area contributed by atoms with E-state index in [1.165, 1.54) is 19.2 Å². The number of sulfonamides is 1. The Morgan fingerprint density at radius 2 is 1.71 bits per heavy atom. The van der Waals surface area contributed by atoms with Gasteiger partial charge in [0.1, 0.15) is 0 Å². The van der Waals surface area contributed by atoms with Crippen molar-refractivity contribution >= 4 is 21.9 Å². The van der Waals surface area contributed by atoms with Crippen molar-refractivity contribution in [1.29, 1.82) is 0 Å². The summed E-state index contributed by atoms with van der Waals surface area (Å²) in [7, 11) is -2.30. The van der Waals surface area contributed by atoms with Gasteiger partial charge >= 0.3 is 5.97 Å². The number of rotatable bonds is 11. The molecule has 2 N–H and O–H groups in total. The van der Waals surface area contributed by atoms with Crippen LogP contribution in [-0.4, -0.2) is 49.8 Å². The van der Waals surface area contributed by atoms with Crippen LogP contribution >= 0.6 is 0 Å². The molecule has 24 heavy (non-hydrogen) atoms. The van der Waals surface area contributed by atoms with E-state index < -0.39 is 16.0 Å². The molecule has 8 heteroatoms. The number of benzene rings is 1. The summed E-state index contributed by atoms with van der Waals surface area (Å²) in [6, 6.07) is 7.96. The third-order valence-corrected chi connectivity index (χ3v) is 5.27. The Kier molecular flexibility index (Phi) is 8.42. The molecule has 1 aromatic carbocycles. The maximum absolute atomic E-state index is 12.3. The molecule has 0 saturated heterocycles. The highest BCUT2D eigenvalue weighted by Crippen LogP contribution is 2.12. The highest BCUT2D eigenvalue weighted by molar-refractivity contribution is 7.89. The van der Waals surface area contributed by atoms with Crippen molar-refractivity contribution in [2.75, 3.05) is 20.1 Å². The molecule has 0 aliphatic heterocycles. The fraction of sp³-hybridized carbons (Fsp3) is 0.500. The molecule has 134 valence electrons. The molecule has 0 aromatic heterocycles. The van der Waals surface area contributed by atoms with Crippen molar-refractivity contribution in [3.8, 4) is 0 Å². The van der Waals surface area contributed by atoms with E-state index in [1.807, 2.05) is 0 Å². The molecular weight excluding hydrogens is 332 g/mol. The number of aliphatic carboxylic acids is 1.